The minimum Gasteiger partial charge on any atom is -0.497 e. The molecule has 1 aromatic rings. The molecule has 0 atom stereocenters. The van der Waals surface area contributed by atoms with Crippen molar-refractivity contribution < 1.29 is 19.0 Å². The van der Waals surface area contributed by atoms with Gasteiger partial charge in [0.05, 0.1) is 14.2 Å². The number of carbonyl (C=O) groups is 1. The maximum atomic E-state index is 11.7. The molecule has 0 aromatic heterocycles. The van der Waals surface area contributed by atoms with Crippen LogP contribution in [0.3, 0.4) is 0 Å². The maximum absolute atomic E-state index is 11.7. The quantitative estimate of drug-likeness (QED) is 0.692. The molecule has 0 bridgehead atoms. The van der Waals surface area contributed by atoms with E-state index in [-0.39, 0.29) is 12.4 Å². The smallest absolute Gasteiger partial charge is 0.188 e. The predicted octanol–water partition coefficient (Wildman–Crippen LogP) is 1.92. The predicted molar refractivity (Wildman–Crippen MR) is 60.4 cm³/mol. The molecule has 0 heterocycles. The van der Waals surface area contributed by atoms with Crippen LogP contribution < -0.4 is 9.47 Å². The van der Waals surface area contributed by atoms with Crippen molar-refractivity contribution >= 4 is 5.78 Å². The van der Waals surface area contributed by atoms with Crippen LogP contribution in [0.25, 0.3) is 0 Å². The van der Waals surface area contributed by atoms with Gasteiger partial charge in [-0.3, -0.25) is 4.79 Å². The molecule has 0 unspecified atom stereocenters. The lowest BCUT2D eigenvalue weighted by atomic mass is 10.1. The molecular formula is C12H16O4. The van der Waals surface area contributed by atoms with Crippen LogP contribution in [0.5, 0.6) is 11.5 Å². The van der Waals surface area contributed by atoms with E-state index < -0.39 is 0 Å². The fourth-order valence-electron chi connectivity index (χ4n) is 1.25. The Hall–Kier alpha value is -1.55. The van der Waals surface area contributed by atoms with E-state index in [1.165, 1.54) is 0 Å². The number of carbonyl (C=O) groups excluding carboxylic acids is 1. The van der Waals surface area contributed by atoms with E-state index >= 15 is 0 Å². The fraction of sp³-hybridized carbons (Fsp3) is 0.417. The van der Waals surface area contributed by atoms with Crippen LogP contribution in [-0.2, 0) is 4.74 Å². The van der Waals surface area contributed by atoms with Crippen LogP contribution in [0.4, 0.5) is 0 Å². The summed E-state index contributed by atoms with van der Waals surface area (Å²) in [6.45, 7) is 2.44. The van der Waals surface area contributed by atoms with E-state index in [0.717, 1.165) is 0 Å². The third-order valence-corrected chi connectivity index (χ3v) is 2.11. The minimum absolute atomic E-state index is 0.0762. The number of ether oxygens (including phenoxy) is 3. The van der Waals surface area contributed by atoms with Crippen molar-refractivity contribution in [2.75, 3.05) is 27.4 Å². The van der Waals surface area contributed by atoms with Crippen molar-refractivity contribution in [1.29, 1.82) is 0 Å². The molecular weight excluding hydrogens is 208 g/mol. The molecule has 0 spiro atoms. The summed E-state index contributed by atoms with van der Waals surface area (Å²) in [4.78, 5) is 11.7. The average Bonchev–Trinajstić information content (AvgIpc) is 2.35. The Morgan fingerprint density at radius 3 is 2.12 bits per heavy atom. The van der Waals surface area contributed by atoms with Gasteiger partial charge in [0.1, 0.15) is 18.1 Å². The summed E-state index contributed by atoms with van der Waals surface area (Å²) in [5.41, 5.74) is 0.532. The highest BCUT2D eigenvalue weighted by Gasteiger charge is 2.09. The number of hydrogen-bond donors (Lipinski definition) is 0. The van der Waals surface area contributed by atoms with Crippen LogP contribution in [0.2, 0.25) is 0 Å². The minimum atomic E-state index is -0.0842. The molecule has 88 valence electrons. The first-order valence-corrected chi connectivity index (χ1v) is 5.05. The van der Waals surface area contributed by atoms with Gasteiger partial charge >= 0.3 is 0 Å². The second-order valence-electron chi connectivity index (χ2n) is 3.16. The molecule has 0 N–H and O–H groups in total. The Morgan fingerprint density at radius 2 is 1.69 bits per heavy atom. The van der Waals surface area contributed by atoms with Crippen molar-refractivity contribution in [1.82, 2.24) is 0 Å². The normalized spacial score (nSPS) is 9.94. The Balaban J connectivity index is 2.89. The zero-order chi connectivity index (χ0) is 12.0. The SMILES string of the molecule is CCOCC(=O)c1cc(OC)cc(OC)c1. The summed E-state index contributed by atoms with van der Waals surface area (Å²) in [7, 11) is 3.09. The Kier molecular flexibility index (Phi) is 4.79. The molecule has 16 heavy (non-hydrogen) atoms. The van der Waals surface area contributed by atoms with E-state index in [1.807, 2.05) is 6.92 Å². The lowest BCUT2D eigenvalue weighted by Gasteiger charge is -2.07. The topological polar surface area (TPSA) is 44.8 Å². The molecule has 0 amide bonds. The first-order chi connectivity index (χ1) is 7.71. The number of Topliss-reactive ketones (excluding diaryl/α,β-unsaturated/α-hetero) is 1. The number of hydrogen-bond acceptors (Lipinski definition) is 4. The first-order valence-electron chi connectivity index (χ1n) is 5.05. The zero-order valence-electron chi connectivity index (χ0n) is 9.78. The van der Waals surface area contributed by atoms with Crippen LogP contribution in [0, 0.1) is 0 Å². The third-order valence-electron chi connectivity index (χ3n) is 2.11. The number of methoxy groups -OCH3 is 2. The van der Waals surface area contributed by atoms with Gasteiger partial charge in [-0.05, 0) is 19.1 Å². The van der Waals surface area contributed by atoms with Gasteiger partial charge in [-0.2, -0.15) is 0 Å². The molecule has 0 saturated carbocycles. The highest BCUT2D eigenvalue weighted by atomic mass is 16.5. The van der Waals surface area contributed by atoms with Crippen LogP contribution in [0.15, 0.2) is 18.2 Å². The summed E-state index contributed by atoms with van der Waals surface area (Å²) < 4.78 is 15.2. The lowest BCUT2D eigenvalue weighted by Crippen LogP contribution is -2.09. The van der Waals surface area contributed by atoms with Gasteiger partial charge in [-0.1, -0.05) is 0 Å². The van der Waals surface area contributed by atoms with E-state index in [0.29, 0.717) is 23.7 Å². The molecule has 0 aliphatic rings. The molecule has 1 aromatic carbocycles. The van der Waals surface area contributed by atoms with E-state index in [1.54, 1.807) is 32.4 Å². The zero-order valence-corrected chi connectivity index (χ0v) is 9.78. The average molecular weight is 224 g/mol. The van der Waals surface area contributed by atoms with Gasteiger partial charge < -0.3 is 14.2 Å². The number of ketones is 1. The highest BCUT2D eigenvalue weighted by molar-refractivity contribution is 5.97. The third kappa shape index (κ3) is 3.24. The van der Waals surface area contributed by atoms with Gasteiger partial charge in [0.25, 0.3) is 0 Å². The molecule has 0 radical (unpaired) electrons. The summed E-state index contributed by atoms with van der Waals surface area (Å²) in [5.74, 6) is 1.11. The van der Waals surface area contributed by atoms with E-state index in [2.05, 4.69) is 0 Å². The van der Waals surface area contributed by atoms with Crippen LogP contribution in [-0.4, -0.2) is 33.2 Å². The Labute approximate surface area is 95.1 Å². The van der Waals surface area contributed by atoms with Crippen molar-refractivity contribution in [2.45, 2.75) is 6.92 Å². The number of benzene rings is 1. The lowest BCUT2D eigenvalue weighted by molar-refractivity contribution is 0.0782. The Morgan fingerprint density at radius 1 is 1.12 bits per heavy atom. The van der Waals surface area contributed by atoms with Crippen molar-refractivity contribution in [3.63, 3.8) is 0 Å². The van der Waals surface area contributed by atoms with Gasteiger partial charge in [-0.25, -0.2) is 0 Å². The van der Waals surface area contributed by atoms with Gasteiger partial charge in [0.2, 0.25) is 0 Å². The summed E-state index contributed by atoms with van der Waals surface area (Å²) in [6.07, 6.45) is 0. The van der Waals surface area contributed by atoms with E-state index in [4.69, 9.17) is 14.2 Å². The summed E-state index contributed by atoms with van der Waals surface area (Å²) in [6, 6.07) is 5.06. The van der Waals surface area contributed by atoms with Crippen molar-refractivity contribution in [2.24, 2.45) is 0 Å². The van der Waals surface area contributed by atoms with Gasteiger partial charge in [-0.15, -0.1) is 0 Å². The maximum Gasteiger partial charge on any atom is 0.188 e. The molecule has 0 aliphatic carbocycles. The molecule has 0 aliphatic heterocycles. The van der Waals surface area contributed by atoms with Crippen molar-refractivity contribution in [3.8, 4) is 11.5 Å². The highest BCUT2D eigenvalue weighted by Crippen LogP contribution is 2.22. The van der Waals surface area contributed by atoms with Crippen LogP contribution >= 0.6 is 0 Å². The second kappa shape index (κ2) is 6.12. The van der Waals surface area contributed by atoms with E-state index in [9.17, 15) is 4.79 Å². The standard InChI is InChI=1S/C12H16O4/c1-4-16-8-12(13)9-5-10(14-2)7-11(6-9)15-3/h5-7H,4,8H2,1-3H3. The fourth-order valence-corrected chi connectivity index (χ4v) is 1.25. The summed E-state index contributed by atoms with van der Waals surface area (Å²) in [5, 5.41) is 0. The molecule has 0 saturated heterocycles. The van der Waals surface area contributed by atoms with Gasteiger partial charge in [0.15, 0.2) is 5.78 Å². The van der Waals surface area contributed by atoms with Crippen molar-refractivity contribution in [3.05, 3.63) is 23.8 Å². The molecule has 1 rings (SSSR count). The second-order valence-corrected chi connectivity index (χ2v) is 3.16. The largest absolute Gasteiger partial charge is 0.497 e. The molecule has 4 nitrogen and oxygen atoms in total. The molecule has 4 heteroatoms. The number of rotatable bonds is 6. The monoisotopic (exact) mass is 224 g/mol. The Bertz CT molecular complexity index is 338. The van der Waals surface area contributed by atoms with Crippen LogP contribution in [0.1, 0.15) is 17.3 Å². The molecule has 0 fully saturated rings. The summed E-state index contributed by atoms with van der Waals surface area (Å²) >= 11 is 0. The van der Waals surface area contributed by atoms with Gasteiger partial charge in [0, 0.05) is 18.2 Å². The first kappa shape index (κ1) is 12.5.